The summed E-state index contributed by atoms with van der Waals surface area (Å²) in [6, 6.07) is 12.2. The fourth-order valence-corrected chi connectivity index (χ4v) is 3.80. The van der Waals surface area contributed by atoms with E-state index in [0.717, 1.165) is 5.56 Å². The molecule has 26 heavy (non-hydrogen) atoms. The van der Waals surface area contributed by atoms with Gasteiger partial charge in [-0.3, -0.25) is 9.59 Å². The Hall–Kier alpha value is -2.44. The first kappa shape index (κ1) is 18.4. The van der Waals surface area contributed by atoms with Crippen LogP contribution in [-0.4, -0.2) is 41.5 Å². The quantitative estimate of drug-likeness (QED) is 0.567. The summed E-state index contributed by atoms with van der Waals surface area (Å²) in [6.07, 6.45) is 0.636. The van der Waals surface area contributed by atoms with Gasteiger partial charge >= 0.3 is 0 Å². The molecule has 1 aliphatic rings. The highest BCUT2D eigenvalue weighted by atomic mass is 32.1. The Balaban J connectivity index is 1.95. The first-order chi connectivity index (χ1) is 12.6. The number of aliphatic hydroxyl groups excluding tert-OH is 1. The van der Waals surface area contributed by atoms with Crippen molar-refractivity contribution in [2.24, 2.45) is 0 Å². The Labute approximate surface area is 156 Å². The van der Waals surface area contributed by atoms with E-state index < -0.39 is 17.7 Å². The number of ketones is 1. The van der Waals surface area contributed by atoms with Crippen molar-refractivity contribution in [3.8, 4) is 0 Å². The third-order valence-corrected chi connectivity index (χ3v) is 5.17. The molecule has 1 atom stereocenters. The Morgan fingerprint density at radius 3 is 2.65 bits per heavy atom. The summed E-state index contributed by atoms with van der Waals surface area (Å²) in [4.78, 5) is 27.7. The average molecular weight is 371 g/mol. The summed E-state index contributed by atoms with van der Waals surface area (Å²) >= 11 is 1.30. The van der Waals surface area contributed by atoms with Crippen LogP contribution in [0.2, 0.25) is 0 Å². The van der Waals surface area contributed by atoms with Crippen LogP contribution in [0.25, 0.3) is 0 Å². The van der Waals surface area contributed by atoms with Crippen LogP contribution in [0.1, 0.15) is 34.6 Å². The fraction of sp³-hybridized carbons (Fsp3) is 0.300. The minimum atomic E-state index is -0.583. The first-order valence-corrected chi connectivity index (χ1v) is 9.48. The fourth-order valence-electron chi connectivity index (χ4n) is 3.12. The highest BCUT2D eigenvalue weighted by molar-refractivity contribution is 7.12. The van der Waals surface area contributed by atoms with Crippen molar-refractivity contribution >= 4 is 23.0 Å². The maximum Gasteiger partial charge on any atom is 0.290 e. The molecule has 0 saturated carbocycles. The molecule has 0 bridgehead atoms. The molecule has 2 heterocycles. The zero-order chi connectivity index (χ0) is 18.5. The van der Waals surface area contributed by atoms with E-state index in [4.69, 9.17) is 4.74 Å². The van der Waals surface area contributed by atoms with Gasteiger partial charge in [-0.2, -0.15) is 0 Å². The van der Waals surface area contributed by atoms with Crippen LogP contribution in [0.5, 0.6) is 0 Å². The third kappa shape index (κ3) is 3.57. The van der Waals surface area contributed by atoms with E-state index in [9.17, 15) is 14.7 Å². The first-order valence-electron chi connectivity index (χ1n) is 8.60. The van der Waals surface area contributed by atoms with Gasteiger partial charge in [-0.1, -0.05) is 36.4 Å². The number of thiophene rings is 1. The summed E-state index contributed by atoms with van der Waals surface area (Å²) < 4.78 is 5.35. The monoisotopic (exact) mass is 371 g/mol. The van der Waals surface area contributed by atoms with E-state index in [1.54, 1.807) is 22.4 Å². The molecule has 3 rings (SSSR count). The molecule has 0 saturated heterocycles. The molecule has 1 aliphatic heterocycles. The Kier molecular flexibility index (Phi) is 5.85. The second-order valence-corrected chi connectivity index (χ2v) is 6.88. The predicted octanol–water partition coefficient (Wildman–Crippen LogP) is 3.75. The number of carbonyl (C=O) groups is 2. The molecule has 6 heteroatoms. The number of hydrogen-bond donors (Lipinski definition) is 1. The third-order valence-electron chi connectivity index (χ3n) is 4.30. The Morgan fingerprint density at radius 2 is 2.00 bits per heavy atom. The molecular formula is C20H21NO4S. The number of ether oxygens (including phenoxy) is 1. The van der Waals surface area contributed by atoms with Crippen molar-refractivity contribution in [2.45, 2.75) is 19.4 Å². The van der Waals surface area contributed by atoms with Gasteiger partial charge in [0.25, 0.3) is 5.91 Å². The zero-order valence-corrected chi connectivity index (χ0v) is 15.4. The molecule has 0 spiro atoms. The number of rotatable bonds is 8. The van der Waals surface area contributed by atoms with Crippen molar-refractivity contribution in [3.05, 3.63) is 69.6 Å². The van der Waals surface area contributed by atoms with Gasteiger partial charge in [-0.15, -0.1) is 11.3 Å². The molecular weight excluding hydrogens is 350 g/mol. The number of Topliss-reactive ketones (excluding diaryl/α,β-unsaturated/α-hetero) is 1. The Morgan fingerprint density at radius 1 is 1.23 bits per heavy atom. The number of carbonyl (C=O) groups excluding carboxylic acids is 2. The number of amides is 1. The van der Waals surface area contributed by atoms with Gasteiger partial charge in [0.15, 0.2) is 5.76 Å². The molecule has 0 radical (unpaired) electrons. The number of nitrogens with zero attached hydrogens (tertiary/aromatic N) is 1. The average Bonchev–Trinajstić information content (AvgIpc) is 3.28. The van der Waals surface area contributed by atoms with E-state index in [1.807, 2.05) is 37.3 Å². The predicted molar refractivity (Wildman–Crippen MR) is 100 cm³/mol. The van der Waals surface area contributed by atoms with Crippen LogP contribution in [-0.2, 0) is 9.53 Å². The maximum absolute atomic E-state index is 13.0. The highest BCUT2D eigenvalue weighted by Gasteiger charge is 2.43. The van der Waals surface area contributed by atoms with E-state index in [2.05, 4.69) is 0 Å². The number of aliphatic hydroxyl groups is 1. The lowest BCUT2D eigenvalue weighted by Gasteiger charge is -2.26. The topological polar surface area (TPSA) is 66.8 Å². The molecule has 1 aromatic carbocycles. The van der Waals surface area contributed by atoms with Crippen LogP contribution >= 0.6 is 11.3 Å². The summed E-state index contributed by atoms with van der Waals surface area (Å²) in [6.45, 7) is 3.46. The van der Waals surface area contributed by atoms with Crippen molar-refractivity contribution in [1.82, 2.24) is 4.90 Å². The molecule has 2 aromatic rings. The van der Waals surface area contributed by atoms with Gasteiger partial charge in [0.1, 0.15) is 0 Å². The van der Waals surface area contributed by atoms with E-state index in [1.165, 1.54) is 11.3 Å². The lowest BCUT2D eigenvalue weighted by Crippen LogP contribution is -2.32. The summed E-state index contributed by atoms with van der Waals surface area (Å²) in [5.74, 6) is -1.25. The van der Waals surface area contributed by atoms with Gasteiger partial charge in [-0.25, -0.2) is 0 Å². The van der Waals surface area contributed by atoms with E-state index in [-0.39, 0.29) is 11.4 Å². The van der Waals surface area contributed by atoms with Crippen molar-refractivity contribution in [2.75, 3.05) is 19.8 Å². The summed E-state index contributed by atoms with van der Waals surface area (Å²) in [5, 5.41) is 12.3. The van der Waals surface area contributed by atoms with Gasteiger partial charge in [0.05, 0.1) is 16.5 Å². The van der Waals surface area contributed by atoms with Gasteiger partial charge in [0, 0.05) is 19.8 Å². The Bertz CT molecular complexity index is 798. The largest absolute Gasteiger partial charge is 0.503 e. The van der Waals surface area contributed by atoms with Crippen LogP contribution in [0.15, 0.2) is 59.2 Å². The van der Waals surface area contributed by atoms with Crippen molar-refractivity contribution < 1.29 is 19.4 Å². The lowest BCUT2D eigenvalue weighted by atomic mass is 9.95. The molecule has 5 nitrogen and oxygen atoms in total. The molecule has 1 aromatic heterocycles. The second-order valence-electron chi connectivity index (χ2n) is 5.93. The highest BCUT2D eigenvalue weighted by Crippen LogP contribution is 2.39. The van der Waals surface area contributed by atoms with Crippen molar-refractivity contribution in [1.29, 1.82) is 0 Å². The molecule has 1 N–H and O–H groups in total. The van der Waals surface area contributed by atoms with Gasteiger partial charge in [0.2, 0.25) is 5.78 Å². The normalized spacial score (nSPS) is 17.2. The molecule has 136 valence electrons. The smallest absolute Gasteiger partial charge is 0.290 e. The van der Waals surface area contributed by atoms with E-state index >= 15 is 0 Å². The number of hydrogen-bond acceptors (Lipinski definition) is 5. The molecule has 0 aliphatic carbocycles. The van der Waals surface area contributed by atoms with Gasteiger partial charge < -0.3 is 14.7 Å². The standard InChI is InChI=1S/C20H21NO4S/c1-2-25-12-7-11-21-17(14-8-4-3-5-9-14)16(19(23)20(21)24)18(22)15-10-6-13-26-15/h3-6,8-10,13,17,23H,2,7,11-12H2,1H3/t17-/m1/s1. The molecule has 0 fully saturated rings. The van der Waals surface area contributed by atoms with Crippen LogP contribution in [0.3, 0.4) is 0 Å². The van der Waals surface area contributed by atoms with E-state index in [0.29, 0.717) is 31.1 Å². The van der Waals surface area contributed by atoms with Crippen LogP contribution in [0, 0.1) is 0 Å². The minimum absolute atomic E-state index is 0.153. The zero-order valence-electron chi connectivity index (χ0n) is 14.6. The summed E-state index contributed by atoms with van der Waals surface area (Å²) in [5.41, 5.74) is 0.960. The van der Waals surface area contributed by atoms with Gasteiger partial charge in [-0.05, 0) is 30.4 Å². The molecule has 1 amide bonds. The summed E-state index contributed by atoms with van der Waals surface area (Å²) in [7, 11) is 0. The maximum atomic E-state index is 13.0. The number of benzene rings is 1. The second kappa shape index (κ2) is 8.29. The minimum Gasteiger partial charge on any atom is -0.503 e. The van der Waals surface area contributed by atoms with Crippen LogP contribution < -0.4 is 0 Å². The van der Waals surface area contributed by atoms with Crippen LogP contribution in [0.4, 0.5) is 0 Å². The SMILES string of the molecule is CCOCCCN1C(=O)C(O)=C(C(=O)c2cccs2)[C@H]1c1ccccc1. The lowest BCUT2D eigenvalue weighted by molar-refractivity contribution is -0.129. The van der Waals surface area contributed by atoms with Crippen molar-refractivity contribution in [3.63, 3.8) is 0 Å². The molecule has 0 unspecified atom stereocenters.